The van der Waals surface area contributed by atoms with Crippen LogP contribution in [0, 0.1) is 11.2 Å². The second-order valence-corrected chi connectivity index (χ2v) is 5.43. The molecule has 0 saturated heterocycles. The van der Waals surface area contributed by atoms with Crippen LogP contribution < -0.4 is 10.1 Å². The van der Waals surface area contributed by atoms with Crippen LogP contribution >= 0.6 is 0 Å². The normalized spacial score (nSPS) is 12.7. The zero-order valence-corrected chi connectivity index (χ0v) is 11.9. The number of rotatable bonds is 4. The standard InChI is InChI=1S/C14H18FNO4/c1-14(2,3)11(13(18)19)16-12(17)10-8(15)6-5-7-9(10)20-4/h5-7,11H,1-4H3,(H,16,17)(H,18,19)/t11-/m0/s1. The lowest BCUT2D eigenvalue weighted by atomic mass is 9.86. The quantitative estimate of drug-likeness (QED) is 0.887. The first-order valence-corrected chi connectivity index (χ1v) is 6.04. The number of methoxy groups -OCH3 is 1. The number of hydrogen-bond acceptors (Lipinski definition) is 3. The Morgan fingerprint density at radius 1 is 1.35 bits per heavy atom. The molecule has 0 radical (unpaired) electrons. The zero-order valence-electron chi connectivity index (χ0n) is 11.9. The van der Waals surface area contributed by atoms with Crippen molar-refractivity contribution >= 4 is 11.9 Å². The summed E-state index contributed by atoms with van der Waals surface area (Å²) in [4.78, 5) is 23.3. The molecule has 0 aromatic heterocycles. The maximum atomic E-state index is 13.7. The summed E-state index contributed by atoms with van der Waals surface area (Å²) >= 11 is 0. The molecular weight excluding hydrogens is 265 g/mol. The number of nitrogens with one attached hydrogen (secondary N) is 1. The van der Waals surface area contributed by atoms with Gasteiger partial charge in [0.05, 0.1) is 7.11 Å². The fraction of sp³-hybridized carbons (Fsp3) is 0.429. The van der Waals surface area contributed by atoms with E-state index in [0.717, 1.165) is 6.07 Å². The van der Waals surface area contributed by atoms with Gasteiger partial charge in [-0.1, -0.05) is 26.8 Å². The molecule has 0 fully saturated rings. The van der Waals surface area contributed by atoms with Crippen molar-refractivity contribution in [2.45, 2.75) is 26.8 Å². The molecule has 1 rings (SSSR count). The number of carboxylic acid groups (broad SMARTS) is 1. The summed E-state index contributed by atoms with van der Waals surface area (Å²) in [5.41, 5.74) is -1.01. The van der Waals surface area contributed by atoms with Gasteiger partial charge in [-0.2, -0.15) is 0 Å². The first-order chi connectivity index (χ1) is 9.18. The van der Waals surface area contributed by atoms with Gasteiger partial charge in [-0.05, 0) is 17.5 Å². The van der Waals surface area contributed by atoms with Gasteiger partial charge >= 0.3 is 5.97 Å². The Morgan fingerprint density at radius 3 is 2.40 bits per heavy atom. The molecule has 1 aromatic carbocycles. The van der Waals surface area contributed by atoms with Crippen molar-refractivity contribution in [2.75, 3.05) is 7.11 Å². The Bertz CT molecular complexity index is 522. The second-order valence-electron chi connectivity index (χ2n) is 5.43. The average Bonchev–Trinajstić information content (AvgIpc) is 2.33. The summed E-state index contributed by atoms with van der Waals surface area (Å²) in [5, 5.41) is 11.5. The number of ether oxygens (including phenoxy) is 1. The Kier molecular flexibility index (Phi) is 4.70. The smallest absolute Gasteiger partial charge is 0.326 e. The highest BCUT2D eigenvalue weighted by atomic mass is 19.1. The van der Waals surface area contributed by atoms with E-state index in [0.29, 0.717) is 0 Å². The number of carbonyl (C=O) groups is 2. The number of halogens is 1. The van der Waals surface area contributed by atoms with Crippen molar-refractivity contribution in [3.05, 3.63) is 29.6 Å². The van der Waals surface area contributed by atoms with Gasteiger partial charge in [-0.3, -0.25) is 4.79 Å². The van der Waals surface area contributed by atoms with E-state index in [1.807, 2.05) is 0 Å². The molecule has 0 bridgehead atoms. The summed E-state index contributed by atoms with van der Waals surface area (Å²) in [6.45, 7) is 5.01. The van der Waals surface area contributed by atoms with E-state index in [1.54, 1.807) is 20.8 Å². The van der Waals surface area contributed by atoms with E-state index >= 15 is 0 Å². The summed E-state index contributed by atoms with van der Waals surface area (Å²) in [5.74, 6) is -2.70. The van der Waals surface area contributed by atoms with E-state index in [1.165, 1.54) is 19.2 Å². The first kappa shape index (κ1) is 15.9. The third-order valence-electron chi connectivity index (χ3n) is 2.81. The Morgan fingerprint density at radius 2 is 1.95 bits per heavy atom. The third kappa shape index (κ3) is 3.46. The maximum Gasteiger partial charge on any atom is 0.326 e. The minimum absolute atomic E-state index is 0.0561. The van der Waals surface area contributed by atoms with Crippen molar-refractivity contribution in [1.29, 1.82) is 0 Å². The molecule has 1 amide bonds. The number of amides is 1. The summed E-state index contributed by atoms with van der Waals surface area (Å²) in [6.07, 6.45) is 0. The second kappa shape index (κ2) is 5.90. The minimum atomic E-state index is -1.18. The summed E-state index contributed by atoms with van der Waals surface area (Å²) in [7, 11) is 1.31. The molecule has 1 atom stereocenters. The van der Waals surface area contributed by atoms with Crippen molar-refractivity contribution in [2.24, 2.45) is 5.41 Å². The van der Waals surface area contributed by atoms with Crippen molar-refractivity contribution in [1.82, 2.24) is 5.32 Å². The predicted molar refractivity (Wildman–Crippen MR) is 71.3 cm³/mol. The Hall–Kier alpha value is -2.11. The molecule has 5 nitrogen and oxygen atoms in total. The minimum Gasteiger partial charge on any atom is -0.496 e. The fourth-order valence-corrected chi connectivity index (χ4v) is 1.75. The van der Waals surface area contributed by atoms with Gasteiger partial charge < -0.3 is 15.2 Å². The lowest BCUT2D eigenvalue weighted by molar-refractivity contribution is -0.142. The lowest BCUT2D eigenvalue weighted by Crippen LogP contribution is -2.49. The summed E-state index contributed by atoms with van der Waals surface area (Å²) < 4.78 is 18.7. The molecule has 0 saturated carbocycles. The number of benzene rings is 1. The zero-order chi connectivity index (χ0) is 15.5. The molecule has 0 aliphatic heterocycles. The van der Waals surface area contributed by atoms with Gasteiger partial charge in [0.1, 0.15) is 23.2 Å². The van der Waals surface area contributed by atoms with Crippen molar-refractivity contribution < 1.29 is 23.8 Å². The Balaban J connectivity index is 3.11. The van der Waals surface area contributed by atoms with Gasteiger partial charge in [-0.15, -0.1) is 0 Å². The molecule has 0 unspecified atom stereocenters. The molecule has 6 heteroatoms. The first-order valence-electron chi connectivity index (χ1n) is 6.04. The van der Waals surface area contributed by atoms with Crippen molar-refractivity contribution in [3.8, 4) is 5.75 Å². The van der Waals surface area contributed by atoms with Crippen LogP contribution in [0.4, 0.5) is 4.39 Å². The summed E-state index contributed by atoms with van der Waals surface area (Å²) in [6, 6.07) is 2.82. The van der Waals surface area contributed by atoms with Crippen LogP contribution in [0.1, 0.15) is 31.1 Å². The molecular formula is C14H18FNO4. The molecule has 0 heterocycles. The van der Waals surface area contributed by atoms with Crippen LogP contribution in [-0.2, 0) is 4.79 Å². The van der Waals surface area contributed by atoms with Gasteiger partial charge in [-0.25, -0.2) is 9.18 Å². The van der Waals surface area contributed by atoms with Gasteiger partial charge in [0, 0.05) is 0 Å². The van der Waals surface area contributed by atoms with E-state index in [4.69, 9.17) is 9.84 Å². The fourth-order valence-electron chi connectivity index (χ4n) is 1.75. The SMILES string of the molecule is COc1cccc(F)c1C(=O)N[C@@H](C(=O)O)C(C)(C)C. The topological polar surface area (TPSA) is 75.6 Å². The number of hydrogen-bond donors (Lipinski definition) is 2. The van der Waals surface area contributed by atoms with Gasteiger partial charge in [0.2, 0.25) is 0 Å². The largest absolute Gasteiger partial charge is 0.496 e. The molecule has 0 spiro atoms. The molecule has 20 heavy (non-hydrogen) atoms. The monoisotopic (exact) mass is 283 g/mol. The average molecular weight is 283 g/mol. The highest BCUT2D eigenvalue weighted by Crippen LogP contribution is 2.24. The van der Waals surface area contributed by atoms with Crippen LogP contribution in [-0.4, -0.2) is 30.1 Å². The lowest BCUT2D eigenvalue weighted by Gasteiger charge is -2.28. The number of carbonyl (C=O) groups excluding carboxylic acids is 1. The predicted octanol–water partition coefficient (Wildman–Crippen LogP) is 2.06. The molecule has 1 aromatic rings. The van der Waals surface area contributed by atoms with E-state index in [9.17, 15) is 14.0 Å². The third-order valence-corrected chi connectivity index (χ3v) is 2.81. The van der Waals surface area contributed by atoms with Gasteiger partial charge in [0.25, 0.3) is 5.91 Å². The van der Waals surface area contributed by atoms with Crippen LogP contribution in [0.5, 0.6) is 5.75 Å². The highest BCUT2D eigenvalue weighted by molar-refractivity contribution is 5.99. The molecule has 110 valence electrons. The van der Waals surface area contributed by atoms with Crippen LogP contribution in [0.2, 0.25) is 0 Å². The Labute approximate surface area is 116 Å². The molecule has 2 N–H and O–H groups in total. The highest BCUT2D eigenvalue weighted by Gasteiger charge is 2.34. The molecule has 0 aliphatic rings. The van der Waals surface area contributed by atoms with Crippen molar-refractivity contribution in [3.63, 3.8) is 0 Å². The maximum absolute atomic E-state index is 13.7. The van der Waals surface area contributed by atoms with E-state index in [-0.39, 0.29) is 11.3 Å². The number of aliphatic carboxylic acids is 1. The number of carboxylic acids is 1. The van der Waals surface area contributed by atoms with Gasteiger partial charge in [0.15, 0.2) is 0 Å². The van der Waals surface area contributed by atoms with Crippen LogP contribution in [0.3, 0.4) is 0 Å². The van der Waals surface area contributed by atoms with E-state index < -0.39 is 29.2 Å². The van der Waals surface area contributed by atoms with Crippen LogP contribution in [0.15, 0.2) is 18.2 Å². The van der Waals surface area contributed by atoms with E-state index in [2.05, 4.69) is 5.32 Å². The van der Waals surface area contributed by atoms with Crippen LogP contribution in [0.25, 0.3) is 0 Å². The molecule has 0 aliphatic carbocycles.